The second kappa shape index (κ2) is 4.20. The minimum absolute atomic E-state index is 0.0683. The molecule has 0 saturated heterocycles. The molecule has 0 fully saturated rings. The number of benzene rings is 1. The molecule has 0 radical (unpaired) electrons. The van der Waals surface area contributed by atoms with Gasteiger partial charge in [0.05, 0.1) is 11.3 Å². The van der Waals surface area contributed by atoms with Gasteiger partial charge in [0.2, 0.25) is 0 Å². The fraction of sp³-hybridized carbons (Fsp3) is 0. The standard InChI is InChI=1S/C14H9FN2O2/c15-9-4-5-10(11(8-9)14(18)19)12-2-1-3-13-16-6-7-17(12)13/h1-8H,(H,18,19). The third kappa shape index (κ3) is 1.85. The van der Waals surface area contributed by atoms with E-state index in [0.717, 1.165) is 6.07 Å². The number of imidazole rings is 1. The van der Waals surface area contributed by atoms with Crippen LogP contribution in [-0.4, -0.2) is 20.5 Å². The van der Waals surface area contributed by atoms with E-state index in [1.165, 1.54) is 12.1 Å². The minimum Gasteiger partial charge on any atom is -0.478 e. The third-order valence-corrected chi connectivity index (χ3v) is 2.92. The highest BCUT2D eigenvalue weighted by Crippen LogP contribution is 2.25. The van der Waals surface area contributed by atoms with Crippen LogP contribution in [0, 0.1) is 5.82 Å². The first-order valence-corrected chi connectivity index (χ1v) is 5.62. The Bertz CT molecular complexity index is 780. The van der Waals surface area contributed by atoms with E-state index in [9.17, 15) is 14.3 Å². The Morgan fingerprint density at radius 3 is 2.89 bits per heavy atom. The summed E-state index contributed by atoms with van der Waals surface area (Å²) in [5.74, 6) is -1.73. The quantitative estimate of drug-likeness (QED) is 0.767. The van der Waals surface area contributed by atoms with Crippen molar-refractivity contribution in [2.45, 2.75) is 0 Å². The average molecular weight is 256 g/mol. The summed E-state index contributed by atoms with van der Waals surface area (Å²) >= 11 is 0. The van der Waals surface area contributed by atoms with Crippen LogP contribution >= 0.6 is 0 Å². The molecule has 3 rings (SSSR count). The summed E-state index contributed by atoms with van der Waals surface area (Å²) in [7, 11) is 0. The number of carboxylic acid groups (broad SMARTS) is 1. The first-order valence-electron chi connectivity index (χ1n) is 5.62. The first kappa shape index (κ1) is 11.4. The Hall–Kier alpha value is -2.69. The van der Waals surface area contributed by atoms with Gasteiger partial charge in [-0.3, -0.25) is 4.40 Å². The Balaban J connectivity index is 2.33. The zero-order valence-corrected chi connectivity index (χ0v) is 9.75. The zero-order valence-electron chi connectivity index (χ0n) is 9.75. The molecule has 94 valence electrons. The number of pyridine rings is 1. The zero-order chi connectivity index (χ0) is 13.4. The summed E-state index contributed by atoms with van der Waals surface area (Å²) in [6.07, 6.45) is 3.36. The number of carbonyl (C=O) groups is 1. The molecule has 0 aliphatic rings. The van der Waals surface area contributed by atoms with Gasteiger partial charge in [0.25, 0.3) is 0 Å². The SMILES string of the molecule is O=C(O)c1cc(F)ccc1-c1cccc2nccn12. The van der Waals surface area contributed by atoms with Gasteiger partial charge in [-0.2, -0.15) is 0 Å². The second-order valence-corrected chi connectivity index (χ2v) is 4.06. The highest BCUT2D eigenvalue weighted by Gasteiger charge is 2.14. The molecule has 0 bridgehead atoms. The molecule has 0 unspecified atom stereocenters. The van der Waals surface area contributed by atoms with Gasteiger partial charge in [0.1, 0.15) is 11.5 Å². The van der Waals surface area contributed by atoms with Gasteiger partial charge < -0.3 is 5.11 Å². The maximum Gasteiger partial charge on any atom is 0.336 e. The van der Waals surface area contributed by atoms with Crippen LogP contribution in [0.15, 0.2) is 48.8 Å². The summed E-state index contributed by atoms with van der Waals surface area (Å²) in [6.45, 7) is 0. The van der Waals surface area contributed by atoms with Crippen molar-refractivity contribution in [3.8, 4) is 11.3 Å². The van der Waals surface area contributed by atoms with E-state index in [1.807, 2.05) is 6.07 Å². The van der Waals surface area contributed by atoms with E-state index >= 15 is 0 Å². The molecule has 2 aromatic heterocycles. The van der Waals surface area contributed by atoms with Crippen molar-refractivity contribution in [2.24, 2.45) is 0 Å². The van der Waals surface area contributed by atoms with Crippen molar-refractivity contribution in [1.29, 1.82) is 0 Å². The van der Waals surface area contributed by atoms with Crippen LogP contribution in [0.4, 0.5) is 4.39 Å². The number of carboxylic acids is 1. The molecule has 0 aliphatic carbocycles. The highest BCUT2D eigenvalue weighted by atomic mass is 19.1. The van der Waals surface area contributed by atoms with Crippen LogP contribution in [0.5, 0.6) is 0 Å². The molecule has 0 amide bonds. The molecule has 5 heteroatoms. The predicted molar refractivity (Wildman–Crippen MR) is 67.5 cm³/mol. The maximum absolute atomic E-state index is 13.2. The largest absolute Gasteiger partial charge is 0.478 e. The van der Waals surface area contributed by atoms with E-state index in [-0.39, 0.29) is 5.56 Å². The molecule has 3 aromatic rings. The maximum atomic E-state index is 13.2. The topological polar surface area (TPSA) is 54.6 Å². The minimum atomic E-state index is -1.16. The van der Waals surface area contributed by atoms with Gasteiger partial charge in [-0.05, 0) is 30.3 Å². The lowest BCUT2D eigenvalue weighted by Crippen LogP contribution is -2.02. The molecular weight excluding hydrogens is 247 g/mol. The Labute approximate surface area is 107 Å². The van der Waals surface area contributed by atoms with Gasteiger partial charge >= 0.3 is 5.97 Å². The number of halogens is 1. The van der Waals surface area contributed by atoms with Crippen molar-refractivity contribution >= 4 is 11.6 Å². The molecule has 0 atom stereocenters. The van der Waals surface area contributed by atoms with Crippen molar-refractivity contribution in [2.75, 3.05) is 0 Å². The lowest BCUT2D eigenvalue weighted by molar-refractivity contribution is 0.0697. The van der Waals surface area contributed by atoms with Gasteiger partial charge in [-0.1, -0.05) is 6.07 Å². The van der Waals surface area contributed by atoms with Crippen LogP contribution in [-0.2, 0) is 0 Å². The first-order chi connectivity index (χ1) is 9.16. The van der Waals surface area contributed by atoms with E-state index in [4.69, 9.17) is 0 Å². The number of rotatable bonds is 2. The van der Waals surface area contributed by atoms with Crippen molar-refractivity contribution < 1.29 is 14.3 Å². The van der Waals surface area contributed by atoms with E-state index in [0.29, 0.717) is 16.9 Å². The molecular formula is C14H9FN2O2. The normalized spacial score (nSPS) is 10.8. The molecule has 2 heterocycles. The van der Waals surface area contributed by atoms with Crippen molar-refractivity contribution in [3.63, 3.8) is 0 Å². The molecule has 0 spiro atoms. The highest BCUT2D eigenvalue weighted by molar-refractivity contribution is 5.95. The van der Waals surface area contributed by atoms with Gasteiger partial charge in [0, 0.05) is 18.0 Å². The summed E-state index contributed by atoms with van der Waals surface area (Å²) < 4.78 is 15.0. The second-order valence-electron chi connectivity index (χ2n) is 4.06. The van der Waals surface area contributed by atoms with E-state index in [2.05, 4.69) is 4.98 Å². The van der Waals surface area contributed by atoms with Crippen LogP contribution in [0.2, 0.25) is 0 Å². The third-order valence-electron chi connectivity index (χ3n) is 2.92. The smallest absolute Gasteiger partial charge is 0.336 e. The number of aromatic carboxylic acids is 1. The van der Waals surface area contributed by atoms with Crippen molar-refractivity contribution in [3.05, 3.63) is 60.2 Å². The summed E-state index contributed by atoms with van der Waals surface area (Å²) in [5.41, 5.74) is 1.75. The number of fused-ring (bicyclic) bond motifs is 1. The number of hydrogen-bond acceptors (Lipinski definition) is 2. The van der Waals surface area contributed by atoms with Crippen LogP contribution < -0.4 is 0 Å². The predicted octanol–water partition coefficient (Wildman–Crippen LogP) is 2.84. The fourth-order valence-electron chi connectivity index (χ4n) is 2.08. The number of aromatic nitrogens is 2. The Kier molecular flexibility index (Phi) is 2.52. The molecule has 1 N–H and O–H groups in total. The van der Waals surface area contributed by atoms with Crippen LogP contribution in [0.3, 0.4) is 0 Å². The van der Waals surface area contributed by atoms with Crippen LogP contribution in [0.25, 0.3) is 16.9 Å². The lowest BCUT2D eigenvalue weighted by Gasteiger charge is -2.09. The van der Waals surface area contributed by atoms with E-state index in [1.54, 1.807) is 28.9 Å². The van der Waals surface area contributed by atoms with E-state index < -0.39 is 11.8 Å². The molecule has 19 heavy (non-hydrogen) atoms. The number of hydrogen-bond donors (Lipinski definition) is 1. The van der Waals surface area contributed by atoms with Gasteiger partial charge in [-0.25, -0.2) is 14.2 Å². The van der Waals surface area contributed by atoms with Crippen molar-refractivity contribution in [1.82, 2.24) is 9.38 Å². The van der Waals surface area contributed by atoms with Gasteiger partial charge in [-0.15, -0.1) is 0 Å². The fourth-order valence-corrected chi connectivity index (χ4v) is 2.08. The summed E-state index contributed by atoms with van der Waals surface area (Å²) in [6, 6.07) is 9.10. The molecule has 4 nitrogen and oxygen atoms in total. The van der Waals surface area contributed by atoms with Gasteiger partial charge in [0.15, 0.2) is 0 Å². The average Bonchev–Trinajstić information content (AvgIpc) is 2.86. The molecule has 0 saturated carbocycles. The lowest BCUT2D eigenvalue weighted by atomic mass is 10.0. The van der Waals surface area contributed by atoms with Crippen LogP contribution in [0.1, 0.15) is 10.4 Å². The summed E-state index contributed by atoms with van der Waals surface area (Å²) in [5, 5.41) is 9.18. The monoisotopic (exact) mass is 256 g/mol. The number of nitrogens with zero attached hydrogens (tertiary/aromatic N) is 2. The molecule has 1 aromatic carbocycles. The Morgan fingerprint density at radius 2 is 2.11 bits per heavy atom. The molecule has 0 aliphatic heterocycles. The summed E-state index contributed by atoms with van der Waals surface area (Å²) in [4.78, 5) is 15.4. The Morgan fingerprint density at radius 1 is 1.26 bits per heavy atom.